The van der Waals surface area contributed by atoms with Crippen molar-refractivity contribution in [1.82, 2.24) is 14.5 Å². The third kappa shape index (κ3) is 5.60. The zero-order valence-corrected chi connectivity index (χ0v) is 19.5. The van der Waals surface area contributed by atoms with E-state index in [9.17, 15) is 14.3 Å². The second kappa shape index (κ2) is 10.4. The summed E-state index contributed by atoms with van der Waals surface area (Å²) in [7, 11) is 0. The first-order valence-corrected chi connectivity index (χ1v) is 11.7. The Morgan fingerprint density at radius 1 is 0.944 bits per heavy atom. The van der Waals surface area contributed by atoms with Gasteiger partial charge in [0, 0.05) is 13.1 Å². The van der Waals surface area contributed by atoms with Crippen molar-refractivity contribution < 1.29 is 14.2 Å². The van der Waals surface area contributed by atoms with Gasteiger partial charge in [-0.3, -0.25) is 4.57 Å². The molecule has 0 amide bonds. The zero-order valence-electron chi connectivity index (χ0n) is 19.5. The molecule has 0 fully saturated rings. The number of ether oxygens (including phenoxy) is 1. The number of aromatic hydroxyl groups is 1. The van der Waals surface area contributed by atoms with Crippen LogP contribution in [0.1, 0.15) is 23.1 Å². The van der Waals surface area contributed by atoms with Crippen LogP contribution in [-0.2, 0) is 13.2 Å². The molecule has 5 rings (SSSR count). The number of nitrogens with zero attached hydrogens (tertiary/aromatic N) is 4. The Morgan fingerprint density at radius 2 is 1.67 bits per heavy atom. The van der Waals surface area contributed by atoms with Gasteiger partial charge in [0.25, 0.3) is 0 Å². The zero-order chi connectivity index (χ0) is 24.9. The minimum absolute atomic E-state index is 0.221. The van der Waals surface area contributed by atoms with Crippen LogP contribution in [0.2, 0.25) is 0 Å². The highest BCUT2D eigenvalue weighted by atomic mass is 19.1. The van der Waals surface area contributed by atoms with Gasteiger partial charge in [-0.15, -0.1) is 0 Å². The predicted octanol–water partition coefficient (Wildman–Crippen LogP) is 4.40. The molecular formula is C28H25FN4O3. The summed E-state index contributed by atoms with van der Waals surface area (Å²) in [6, 6.07) is 20.9. The molecule has 7 nitrogen and oxygen atoms in total. The molecule has 4 aromatic rings. The Bertz CT molecular complexity index is 1420. The summed E-state index contributed by atoms with van der Waals surface area (Å²) in [6.45, 7) is 2.01. The summed E-state index contributed by atoms with van der Waals surface area (Å²) in [6.07, 6.45) is 4.36. The smallest absolute Gasteiger partial charge is 0.352 e. The number of phenols is 1. The number of hydrogen-bond acceptors (Lipinski definition) is 6. The summed E-state index contributed by atoms with van der Waals surface area (Å²) in [5.41, 5.74) is 3.67. The van der Waals surface area contributed by atoms with Crippen LogP contribution in [0.15, 0.2) is 90.0 Å². The fraction of sp³-hybridized carbons (Fsp3) is 0.179. The predicted molar refractivity (Wildman–Crippen MR) is 135 cm³/mol. The number of hydrogen-bond donors (Lipinski definition) is 1. The van der Waals surface area contributed by atoms with Gasteiger partial charge in [0.2, 0.25) is 5.95 Å². The van der Waals surface area contributed by atoms with Gasteiger partial charge in [0.05, 0.1) is 6.54 Å². The van der Waals surface area contributed by atoms with Crippen molar-refractivity contribution in [2.45, 2.75) is 19.6 Å². The summed E-state index contributed by atoms with van der Waals surface area (Å²) < 4.78 is 20.4. The molecule has 0 atom stereocenters. The highest BCUT2D eigenvalue weighted by molar-refractivity contribution is 5.68. The highest BCUT2D eigenvalue weighted by Gasteiger charge is 2.16. The summed E-state index contributed by atoms with van der Waals surface area (Å²) in [4.78, 5) is 23.2. The van der Waals surface area contributed by atoms with Crippen molar-refractivity contribution in [3.8, 4) is 11.5 Å². The molecule has 0 saturated heterocycles. The van der Waals surface area contributed by atoms with Gasteiger partial charge in [0.1, 0.15) is 30.3 Å². The largest absolute Gasteiger partial charge is 0.508 e. The maximum Gasteiger partial charge on any atom is 0.352 e. The van der Waals surface area contributed by atoms with Crippen molar-refractivity contribution in [3.63, 3.8) is 0 Å². The van der Waals surface area contributed by atoms with E-state index in [-0.39, 0.29) is 17.3 Å². The van der Waals surface area contributed by atoms with Gasteiger partial charge in [0.15, 0.2) is 0 Å². The van der Waals surface area contributed by atoms with Gasteiger partial charge in [-0.1, -0.05) is 42.5 Å². The fourth-order valence-electron chi connectivity index (χ4n) is 4.03. The first-order chi connectivity index (χ1) is 17.5. The van der Waals surface area contributed by atoms with Crippen molar-refractivity contribution in [2.75, 3.05) is 18.0 Å². The molecule has 2 heterocycles. The van der Waals surface area contributed by atoms with Gasteiger partial charge >= 0.3 is 5.69 Å². The first-order valence-electron chi connectivity index (χ1n) is 11.7. The average Bonchev–Trinajstić information content (AvgIpc) is 2.91. The lowest BCUT2D eigenvalue weighted by Crippen LogP contribution is -2.34. The molecule has 8 heteroatoms. The van der Waals surface area contributed by atoms with Crippen LogP contribution in [0.4, 0.5) is 10.3 Å². The second-order valence-electron chi connectivity index (χ2n) is 8.60. The van der Waals surface area contributed by atoms with E-state index in [0.717, 1.165) is 28.7 Å². The molecule has 0 spiro atoms. The van der Waals surface area contributed by atoms with Crippen molar-refractivity contribution in [2.24, 2.45) is 0 Å². The lowest BCUT2D eigenvalue weighted by molar-refractivity contribution is 0.306. The quantitative estimate of drug-likeness (QED) is 0.419. The van der Waals surface area contributed by atoms with Gasteiger partial charge in [-0.25, -0.2) is 14.2 Å². The topological polar surface area (TPSA) is 80.5 Å². The van der Waals surface area contributed by atoms with E-state index in [1.807, 2.05) is 41.3 Å². The molecule has 1 aliphatic heterocycles. The number of anilines is 1. The Morgan fingerprint density at radius 3 is 2.33 bits per heavy atom. The van der Waals surface area contributed by atoms with Crippen LogP contribution in [0.25, 0.3) is 5.57 Å². The van der Waals surface area contributed by atoms with Crippen LogP contribution in [0, 0.1) is 5.82 Å². The van der Waals surface area contributed by atoms with Crippen molar-refractivity contribution >= 4 is 11.5 Å². The van der Waals surface area contributed by atoms with Crippen LogP contribution < -0.4 is 15.3 Å². The summed E-state index contributed by atoms with van der Waals surface area (Å²) in [5, 5.41) is 9.36. The van der Waals surface area contributed by atoms with Gasteiger partial charge in [-0.2, -0.15) is 4.98 Å². The van der Waals surface area contributed by atoms with Gasteiger partial charge < -0.3 is 14.7 Å². The van der Waals surface area contributed by atoms with Crippen molar-refractivity contribution in [1.29, 1.82) is 0 Å². The summed E-state index contributed by atoms with van der Waals surface area (Å²) in [5.74, 6) is 1.09. The Kier molecular flexibility index (Phi) is 6.75. The molecule has 1 aromatic heterocycles. The van der Waals surface area contributed by atoms with Crippen LogP contribution >= 0.6 is 0 Å². The van der Waals surface area contributed by atoms with E-state index < -0.39 is 0 Å². The lowest BCUT2D eigenvalue weighted by Gasteiger charge is -2.26. The SMILES string of the molecule is O=c1nc(N2CC=C(c3ccc(F)cc3)CC2)ncn1Cc1ccc(OCc2ccc(O)cc2)cc1. The second-order valence-corrected chi connectivity index (χ2v) is 8.60. The molecule has 182 valence electrons. The van der Waals surface area contributed by atoms with E-state index in [2.05, 4.69) is 16.0 Å². The molecule has 0 aliphatic carbocycles. The van der Waals surface area contributed by atoms with Gasteiger partial charge in [-0.05, 0) is 65.1 Å². The maximum absolute atomic E-state index is 13.2. The van der Waals surface area contributed by atoms with Crippen LogP contribution in [0.5, 0.6) is 11.5 Å². The van der Waals surface area contributed by atoms with E-state index in [0.29, 0.717) is 37.9 Å². The van der Waals surface area contributed by atoms with E-state index in [4.69, 9.17) is 4.74 Å². The number of benzene rings is 3. The van der Waals surface area contributed by atoms with E-state index >= 15 is 0 Å². The number of phenolic OH excluding ortho intramolecular Hbond substituents is 1. The molecule has 0 unspecified atom stereocenters. The maximum atomic E-state index is 13.2. The average molecular weight is 485 g/mol. The molecule has 36 heavy (non-hydrogen) atoms. The molecule has 0 radical (unpaired) electrons. The van der Waals surface area contributed by atoms with Crippen LogP contribution in [-0.4, -0.2) is 32.7 Å². The molecule has 0 bridgehead atoms. The van der Waals surface area contributed by atoms with E-state index in [1.165, 1.54) is 23.0 Å². The molecule has 3 aromatic carbocycles. The fourth-order valence-corrected chi connectivity index (χ4v) is 4.03. The lowest BCUT2D eigenvalue weighted by atomic mass is 10.00. The minimum atomic E-state index is -0.360. The third-order valence-corrected chi connectivity index (χ3v) is 6.08. The molecule has 1 N–H and O–H groups in total. The Labute approximate surface area is 207 Å². The molecule has 1 aliphatic rings. The number of aromatic nitrogens is 3. The number of rotatable bonds is 7. The molecular weight excluding hydrogens is 459 g/mol. The Balaban J connectivity index is 1.18. The normalized spacial score (nSPS) is 13.4. The minimum Gasteiger partial charge on any atom is -0.508 e. The van der Waals surface area contributed by atoms with E-state index in [1.54, 1.807) is 24.3 Å². The van der Waals surface area contributed by atoms with Crippen LogP contribution in [0.3, 0.4) is 0 Å². The monoisotopic (exact) mass is 484 g/mol. The number of halogens is 1. The standard InChI is InChI=1S/C28H25FN4O3/c29-24-7-5-22(6-8-24)23-13-15-32(16-14-23)27-30-19-33(28(35)31-27)17-20-3-11-26(12-4-20)36-18-21-1-9-25(34)10-2-21/h1-13,19,34H,14-18H2. The molecule has 0 saturated carbocycles. The van der Waals surface area contributed by atoms with Crippen molar-refractivity contribution in [3.05, 3.63) is 118 Å². The Hall–Kier alpha value is -4.46. The third-order valence-electron chi connectivity index (χ3n) is 6.08. The summed E-state index contributed by atoms with van der Waals surface area (Å²) >= 11 is 0. The first kappa shape index (κ1) is 23.3. The highest BCUT2D eigenvalue weighted by Crippen LogP contribution is 2.24.